The van der Waals surface area contributed by atoms with E-state index in [4.69, 9.17) is 17.3 Å². The summed E-state index contributed by atoms with van der Waals surface area (Å²) in [6, 6.07) is 3.08. The molecule has 0 atom stereocenters. The number of halogens is 1. The zero-order valence-corrected chi connectivity index (χ0v) is 13.2. The first-order chi connectivity index (χ1) is 9.85. The van der Waals surface area contributed by atoms with E-state index in [0.717, 1.165) is 0 Å². The van der Waals surface area contributed by atoms with Crippen LogP contribution in [-0.2, 0) is 30.2 Å². The first kappa shape index (κ1) is 15.9. The van der Waals surface area contributed by atoms with Crippen LogP contribution in [0.15, 0.2) is 23.4 Å². The van der Waals surface area contributed by atoms with E-state index in [1.807, 2.05) is 0 Å². The van der Waals surface area contributed by atoms with Crippen LogP contribution in [0.3, 0.4) is 0 Å². The Balaban J connectivity index is 2.32. The van der Waals surface area contributed by atoms with Crippen molar-refractivity contribution in [1.82, 2.24) is 19.5 Å². The Bertz CT molecular complexity index is 757. The van der Waals surface area contributed by atoms with E-state index in [9.17, 15) is 8.42 Å². The molecule has 0 saturated carbocycles. The number of sulfonamides is 1. The molecule has 1 aromatic heterocycles. The third-order valence-corrected chi connectivity index (χ3v) is 4.91. The van der Waals surface area contributed by atoms with Crippen molar-refractivity contribution in [3.05, 3.63) is 40.4 Å². The molecule has 2 aromatic rings. The predicted molar refractivity (Wildman–Crippen MR) is 79.1 cm³/mol. The molecule has 1 heterocycles. The summed E-state index contributed by atoms with van der Waals surface area (Å²) in [6.07, 6.45) is 1.50. The second-order valence-electron chi connectivity index (χ2n) is 4.57. The molecule has 0 spiro atoms. The molecular weight excluding hydrogens is 314 g/mol. The number of benzene rings is 1. The Morgan fingerprint density at radius 2 is 2.14 bits per heavy atom. The van der Waals surface area contributed by atoms with Gasteiger partial charge in [0.2, 0.25) is 10.0 Å². The van der Waals surface area contributed by atoms with Crippen molar-refractivity contribution in [3.8, 4) is 0 Å². The highest BCUT2D eigenvalue weighted by atomic mass is 35.5. The first-order valence-electron chi connectivity index (χ1n) is 6.16. The summed E-state index contributed by atoms with van der Waals surface area (Å²) in [5, 5.41) is 7.85. The van der Waals surface area contributed by atoms with Gasteiger partial charge in [0.15, 0.2) is 0 Å². The lowest BCUT2D eigenvalue weighted by atomic mass is 10.1. The van der Waals surface area contributed by atoms with Gasteiger partial charge in [-0.2, -0.15) is 0 Å². The minimum Gasteiger partial charge on any atom is -0.326 e. The standard InChI is InChI=1S/C12H16ClN5O2S/c1-8-9(5-14)3-10(13)4-11(8)21(19,20)16-6-12-17-15-7-18(12)2/h3-4,7,16H,5-6,14H2,1-2H3. The van der Waals surface area contributed by atoms with Crippen molar-refractivity contribution in [3.63, 3.8) is 0 Å². The van der Waals surface area contributed by atoms with Crippen molar-refractivity contribution in [2.24, 2.45) is 12.8 Å². The van der Waals surface area contributed by atoms with Crippen LogP contribution in [0.2, 0.25) is 5.02 Å². The Hall–Kier alpha value is -1.48. The van der Waals surface area contributed by atoms with Gasteiger partial charge in [0.1, 0.15) is 12.2 Å². The van der Waals surface area contributed by atoms with Crippen LogP contribution >= 0.6 is 11.6 Å². The number of nitrogens with one attached hydrogen (secondary N) is 1. The molecule has 0 saturated heterocycles. The molecule has 3 N–H and O–H groups in total. The van der Waals surface area contributed by atoms with E-state index in [2.05, 4.69) is 14.9 Å². The second-order valence-corrected chi connectivity index (χ2v) is 6.75. The summed E-state index contributed by atoms with van der Waals surface area (Å²) >= 11 is 5.96. The molecule has 0 radical (unpaired) electrons. The molecule has 1 aromatic carbocycles. The quantitative estimate of drug-likeness (QED) is 0.841. The van der Waals surface area contributed by atoms with E-state index < -0.39 is 10.0 Å². The Morgan fingerprint density at radius 1 is 1.43 bits per heavy atom. The number of rotatable bonds is 5. The fraction of sp³-hybridized carbons (Fsp3) is 0.333. The van der Waals surface area contributed by atoms with Gasteiger partial charge in [-0.1, -0.05) is 11.6 Å². The highest BCUT2D eigenvalue weighted by molar-refractivity contribution is 7.89. The number of hydrogen-bond acceptors (Lipinski definition) is 5. The second kappa shape index (κ2) is 6.10. The maximum atomic E-state index is 12.4. The van der Waals surface area contributed by atoms with E-state index >= 15 is 0 Å². The lowest BCUT2D eigenvalue weighted by molar-refractivity contribution is 0.576. The van der Waals surface area contributed by atoms with E-state index in [1.54, 1.807) is 24.6 Å². The van der Waals surface area contributed by atoms with Crippen LogP contribution in [0, 0.1) is 6.92 Å². The van der Waals surface area contributed by atoms with Crippen molar-refractivity contribution in [2.75, 3.05) is 0 Å². The summed E-state index contributed by atoms with van der Waals surface area (Å²) < 4.78 is 28.9. The van der Waals surface area contributed by atoms with Gasteiger partial charge in [-0.15, -0.1) is 10.2 Å². The van der Waals surface area contributed by atoms with Crippen LogP contribution in [0.1, 0.15) is 17.0 Å². The monoisotopic (exact) mass is 329 g/mol. The van der Waals surface area contributed by atoms with Gasteiger partial charge >= 0.3 is 0 Å². The number of nitrogens with two attached hydrogens (primary N) is 1. The van der Waals surface area contributed by atoms with Gasteiger partial charge < -0.3 is 10.3 Å². The van der Waals surface area contributed by atoms with Crippen LogP contribution in [0.4, 0.5) is 0 Å². The van der Waals surface area contributed by atoms with Gasteiger partial charge in [0.25, 0.3) is 0 Å². The van der Waals surface area contributed by atoms with E-state index in [-0.39, 0.29) is 18.0 Å². The molecule has 21 heavy (non-hydrogen) atoms. The van der Waals surface area contributed by atoms with Crippen LogP contribution < -0.4 is 10.5 Å². The largest absolute Gasteiger partial charge is 0.326 e. The van der Waals surface area contributed by atoms with Crippen LogP contribution in [0.25, 0.3) is 0 Å². The molecule has 0 amide bonds. The minimum absolute atomic E-state index is 0.0444. The van der Waals surface area contributed by atoms with Crippen LogP contribution in [0.5, 0.6) is 0 Å². The molecule has 0 bridgehead atoms. The molecule has 0 aliphatic carbocycles. The molecular formula is C12H16ClN5O2S. The molecule has 114 valence electrons. The number of aromatic nitrogens is 3. The summed E-state index contributed by atoms with van der Waals surface area (Å²) in [6.45, 7) is 1.97. The first-order valence-corrected chi connectivity index (χ1v) is 8.03. The highest BCUT2D eigenvalue weighted by Crippen LogP contribution is 2.24. The van der Waals surface area contributed by atoms with Crippen LogP contribution in [-0.4, -0.2) is 23.2 Å². The van der Waals surface area contributed by atoms with E-state index in [1.165, 1.54) is 12.4 Å². The predicted octanol–water partition coefficient (Wildman–Crippen LogP) is 0.714. The molecule has 0 aliphatic heterocycles. The molecule has 0 aliphatic rings. The van der Waals surface area contributed by atoms with Gasteiger partial charge in [0.05, 0.1) is 11.4 Å². The molecule has 2 rings (SSSR count). The Kier molecular flexibility index (Phi) is 4.62. The normalized spacial score (nSPS) is 11.8. The Morgan fingerprint density at radius 3 is 2.71 bits per heavy atom. The lowest BCUT2D eigenvalue weighted by Crippen LogP contribution is -2.26. The zero-order chi connectivity index (χ0) is 15.6. The van der Waals surface area contributed by atoms with Gasteiger partial charge in [-0.25, -0.2) is 13.1 Å². The lowest BCUT2D eigenvalue weighted by Gasteiger charge is -2.12. The van der Waals surface area contributed by atoms with Gasteiger partial charge in [0, 0.05) is 18.6 Å². The average molecular weight is 330 g/mol. The Labute approximate surface area is 128 Å². The van der Waals surface area contributed by atoms with Crippen molar-refractivity contribution >= 4 is 21.6 Å². The van der Waals surface area contributed by atoms with E-state index in [0.29, 0.717) is 22.0 Å². The third kappa shape index (κ3) is 3.41. The summed E-state index contributed by atoms with van der Waals surface area (Å²) in [5.74, 6) is 0.511. The maximum Gasteiger partial charge on any atom is 0.241 e. The number of aryl methyl sites for hydroxylation is 1. The summed E-state index contributed by atoms with van der Waals surface area (Å²) in [5.41, 5.74) is 6.89. The van der Waals surface area contributed by atoms with Crippen molar-refractivity contribution in [2.45, 2.75) is 24.9 Å². The maximum absolute atomic E-state index is 12.4. The van der Waals surface area contributed by atoms with Gasteiger partial charge in [-0.3, -0.25) is 0 Å². The third-order valence-electron chi connectivity index (χ3n) is 3.17. The molecule has 7 nitrogen and oxygen atoms in total. The van der Waals surface area contributed by atoms with Crippen molar-refractivity contribution < 1.29 is 8.42 Å². The van der Waals surface area contributed by atoms with Gasteiger partial charge in [-0.05, 0) is 30.2 Å². The molecule has 0 unspecified atom stereocenters. The highest BCUT2D eigenvalue weighted by Gasteiger charge is 2.20. The minimum atomic E-state index is -3.71. The molecule has 0 fully saturated rings. The average Bonchev–Trinajstić information content (AvgIpc) is 2.84. The fourth-order valence-corrected chi connectivity index (χ4v) is 3.50. The number of nitrogens with zero attached hydrogens (tertiary/aromatic N) is 3. The molecule has 9 heteroatoms. The smallest absolute Gasteiger partial charge is 0.241 e. The summed E-state index contributed by atoms with van der Waals surface area (Å²) in [4.78, 5) is 0.123. The fourth-order valence-electron chi connectivity index (χ4n) is 1.90. The van der Waals surface area contributed by atoms with Crippen molar-refractivity contribution in [1.29, 1.82) is 0 Å². The summed E-state index contributed by atoms with van der Waals surface area (Å²) in [7, 11) is -1.97. The zero-order valence-electron chi connectivity index (χ0n) is 11.7. The topological polar surface area (TPSA) is 103 Å². The SMILES string of the molecule is Cc1c(CN)cc(Cl)cc1S(=O)(=O)NCc1nncn1C. The number of hydrogen-bond donors (Lipinski definition) is 2.